The third-order valence-electron chi connectivity index (χ3n) is 8.32. The van der Waals surface area contributed by atoms with E-state index in [1.807, 2.05) is 26.0 Å². The Bertz CT molecular complexity index is 2130. The summed E-state index contributed by atoms with van der Waals surface area (Å²) >= 11 is 7.53. The molecule has 1 spiro atoms. The highest BCUT2D eigenvalue weighted by molar-refractivity contribution is 7.17. The molecular weight excluding hydrogens is 586 g/mol. The molecule has 0 N–H and O–H groups in total. The van der Waals surface area contributed by atoms with Gasteiger partial charge in [0, 0.05) is 17.5 Å². The lowest BCUT2D eigenvalue weighted by Crippen LogP contribution is -2.53. The van der Waals surface area contributed by atoms with E-state index in [0.29, 0.717) is 32.4 Å². The van der Waals surface area contributed by atoms with Crippen LogP contribution in [0.4, 0.5) is 10.8 Å². The number of hydrogen-bond donors (Lipinski definition) is 0. The lowest BCUT2D eigenvalue weighted by Gasteiger charge is -2.32. The van der Waals surface area contributed by atoms with Crippen LogP contribution in [0.1, 0.15) is 60.7 Å². The van der Waals surface area contributed by atoms with Gasteiger partial charge in [-0.25, -0.2) is 4.98 Å². The van der Waals surface area contributed by atoms with Crippen LogP contribution in [0.15, 0.2) is 69.9 Å². The van der Waals surface area contributed by atoms with Crippen LogP contribution < -0.4 is 15.2 Å². The van der Waals surface area contributed by atoms with Crippen molar-refractivity contribution in [3.8, 4) is 0 Å². The van der Waals surface area contributed by atoms with Crippen molar-refractivity contribution in [2.24, 2.45) is 0 Å². The molecule has 3 aromatic carbocycles. The second kappa shape index (κ2) is 9.45. The molecule has 2 aliphatic heterocycles. The molecule has 1 atom stereocenters. The van der Waals surface area contributed by atoms with Gasteiger partial charge in [-0.05, 0) is 61.7 Å². The summed E-state index contributed by atoms with van der Waals surface area (Å²) in [6.07, 6.45) is 0. The van der Waals surface area contributed by atoms with E-state index in [-0.39, 0.29) is 39.8 Å². The maximum atomic E-state index is 15.0. The van der Waals surface area contributed by atoms with Crippen molar-refractivity contribution in [1.82, 2.24) is 4.98 Å². The number of nitrogens with zero attached hydrogens (tertiary/aromatic N) is 3. The number of aryl methyl sites for hydroxylation is 3. The van der Waals surface area contributed by atoms with Gasteiger partial charge in [0.1, 0.15) is 5.58 Å². The second-order valence-corrected chi connectivity index (χ2v) is 12.3. The smallest absolute Gasteiger partial charge is 0.297 e. The van der Waals surface area contributed by atoms with E-state index in [9.17, 15) is 14.4 Å². The first-order valence-electron chi connectivity index (χ1n) is 13.6. The van der Waals surface area contributed by atoms with Crippen LogP contribution in [-0.4, -0.2) is 22.6 Å². The van der Waals surface area contributed by atoms with Gasteiger partial charge in [0.2, 0.25) is 5.76 Å². The average molecular weight is 610 g/mol. The Labute approximate surface area is 255 Å². The molecule has 8 nitrogen and oxygen atoms in total. The normalized spacial score (nSPS) is 17.3. The third kappa shape index (κ3) is 3.64. The quantitative estimate of drug-likeness (QED) is 0.216. The van der Waals surface area contributed by atoms with Gasteiger partial charge in [0.25, 0.3) is 11.8 Å². The summed E-state index contributed by atoms with van der Waals surface area (Å²) < 4.78 is 6.22. The number of halogens is 1. The molecule has 43 heavy (non-hydrogen) atoms. The Hall–Kier alpha value is -4.60. The molecule has 5 aromatic rings. The van der Waals surface area contributed by atoms with Crippen molar-refractivity contribution >= 4 is 62.3 Å². The van der Waals surface area contributed by atoms with E-state index in [1.165, 1.54) is 11.8 Å². The molecule has 0 fully saturated rings. The van der Waals surface area contributed by atoms with Crippen molar-refractivity contribution in [2.75, 3.05) is 9.80 Å². The number of ketones is 1. The van der Waals surface area contributed by atoms with Crippen LogP contribution in [0.3, 0.4) is 0 Å². The minimum Gasteiger partial charge on any atom is -0.450 e. The zero-order chi connectivity index (χ0) is 30.4. The van der Waals surface area contributed by atoms with E-state index in [0.717, 1.165) is 22.5 Å². The van der Waals surface area contributed by atoms with Crippen molar-refractivity contribution in [2.45, 2.75) is 39.8 Å². The van der Waals surface area contributed by atoms with Gasteiger partial charge in [0.05, 0.1) is 33.8 Å². The number of thiazole rings is 1. The molecule has 4 heterocycles. The van der Waals surface area contributed by atoms with Crippen LogP contribution in [0, 0.1) is 20.8 Å². The van der Waals surface area contributed by atoms with E-state index in [1.54, 1.807) is 60.4 Å². The maximum Gasteiger partial charge on any atom is 0.297 e. The zero-order valence-corrected chi connectivity index (χ0v) is 25.2. The summed E-state index contributed by atoms with van der Waals surface area (Å²) in [6, 6.07) is 17.7. The first kappa shape index (κ1) is 27.2. The van der Waals surface area contributed by atoms with Gasteiger partial charge in [-0.1, -0.05) is 59.3 Å². The zero-order valence-electron chi connectivity index (χ0n) is 23.6. The molecule has 0 bridgehead atoms. The fourth-order valence-corrected chi connectivity index (χ4v) is 7.39. The number of para-hydroxylation sites is 1. The number of rotatable bonds is 4. The standard InChI is InChI=1S/C33H24ClN3O5S/c1-16-13-21-25(14-17(16)2)42-28-26(27(21)39)33(37(30(28)40)32-35-18(3)29(43-32)19(4)38)22-10-6-8-12-24(22)36(31(33)41)15-20-9-5-7-11-23(20)34/h5-14H,15H2,1-4H3. The molecule has 0 aliphatic carbocycles. The molecule has 7 rings (SSSR count). The lowest BCUT2D eigenvalue weighted by atomic mass is 9.84. The molecule has 1 unspecified atom stereocenters. The molecule has 2 aromatic heterocycles. The van der Waals surface area contributed by atoms with Crippen molar-refractivity contribution in [1.29, 1.82) is 0 Å². The van der Waals surface area contributed by atoms with Gasteiger partial charge in [-0.3, -0.25) is 24.1 Å². The number of fused-ring (bicyclic) bond motifs is 5. The van der Waals surface area contributed by atoms with Crippen molar-refractivity contribution in [3.05, 3.63) is 120 Å². The van der Waals surface area contributed by atoms with E-state index < -0.39 is 22.8 Å². The Morgan fingerprint density at radius 2 is 1.70 bits per heavy atom. The number of amides is 2. The minimum atomic E-state index is -1.92. The summed E-state index contributed by atoms with van der Waals surface area (Å²) in [4.78, 5) is 64.2. The van der Waals surface area contributed by atoms with Crippen LogP contribution in [-0.2, 0) is 16.9 Å². The fourth-order valence-electron chi connectivity index (χ4n) is 6.18. The first-order valence-corrected chi connectivity index (χ1v) is 14.8. The molecule has 0 saturated heterocycles. The fraction of sp³-hybridized carbons (Fsp3) is 0.182. The van der Waals surface area contributed by atoms with E-state index >= 15 is 4.79 Å². The summed E-state index contributed by atoms with van der Waals surface area (Å²) in [5.74, 6) is -1.64. The summed E-state index contributed by atoms with van der Waals surface area (Å²) in [7, 11) is 0. The van der Waals surface area contributed by atoms with Gasteiger partial charge in [-0.15, -0.1) is 0 Å². The number of hydrogen-bond acceptors (Lipinski definition) is 7. The first-order chi connectivity index (χ1) is 20.5. The van der Waals surface area contributed by atoms with Crippen LogP contribution in [0.5, 0.6) is 0 Å². The molecule has 2 amide bonds. The Balaban J connectivity index is 1.58. The molecule has 214 valence electrons. The van der Waals surface area contributed by atoms with Crippen LogP contribution >= 0.6 is 22.9 Å². The summed E-state index contributed by atoms with van der Waals surface area (Å²) in [5.41, 5.74) is 1.64. The second-order valence-electron chi connectivity index (χ2n) is 10.9. The highest BCUT2D eigenvalue weighted by Gasteiger charge is 2.66. The SMILES string of the molecule is CC(=O)c1sc(N2C(=O)c3oc4cc(C)c(C)cc4c(=O)c3C23C(=O)N(Cc2ccccc2Cl)c2ccccc23)nc1C. The van der Waals surface area contributed by atoms with Crippen molar-refractivity contribution < 1.29 is 18.8 Å². The van der Waals surface area contributed by atoms with Crippen molar-refractivity contribution in [3.63, 3.8) is 0 Å². The van der Waals surface area contributed by atoms with E-state index in [4.69, 9.17) is 16.0 Å². The Morgan fingerprint density at radius 3 is 2.42 bits per heavy atom. The predicted molar refractivity (Wildman–Crippen MR) is 165 cm³/mol. The topological polar surface area (TPSA) is 101 Å². The summed E-state index contributed by atoms with van der Waals surface area (Å²) in [5, 5.41) is 0.870. The maximum absolute atomic E-state index is 15.0. The van der Waals surface area contributed by atoms with Gasteiger partial charge < -0.3 is 9.32 Å². The molecule has 0 saturated carbocycles. The Morgan fingerprint density at radius 1 is 1.00 bits per heavy atom. The van der Waals surface area contributed by atoms with Gasteiger partial charge in [-0.2, -0.15) is 0 Å². The monoisotopic (exact) mass is 609 g/mol. The highest BCUT2D eigenvalue weighted by atomic mass is 35.5. The number of carbonyl (C=O) groups excluding carboxylic acids is 3. The van der Waals surface area contributed by atoms with E-state index in [2.05, 4.69) is 4.98 Å². The number of Topliss-reactive ketones (excluding diaryl/α,β-unsaturated/α-hetero) is 1. The minimum absolute atomic E-state index is 0.0652. The van der Waals surface area contributed by atoms with Gasteiger partial charge >= 0.3 is 0 Å². The molecular formula is C33H24ClN3O5S. The van der Waals surface area contributed by atoms with Gasteiger partial charge in [0.15, 0.2) is 21.9 Å². The lowest BCUT2D eigenvalue weighted by molar-refractivity contribution is -0.121. The predicted octanol–water partition coefficient (Wildman–Crippen LogP) is 6.48. The number of benzene rings is 3. The molecule has 0 radical (unpaired) electrons. The summed E-state index contributed by atoms with van der Waals surface area (Å²) in [6.45, 7) is 6.97. The average Bonchev–Trinajstić information content (AvgIpc) is 3.56. The Kier molecular flexibility index (Phi) is 5.99. The number of anilines is 2. The highest BCUT2D eigenvalue weighted by Crippen LogP contribution is 2.55. The van der Waals surface area contributed by atoms with Crippen LogP contribution in [0.2, 0.25) is 5.02 Å². The number of carbonyl (C=O) groups is 3. The van der Waals surface area contributed by atoms with Crippen LogP contribution in [0.25, 0.3) is 11.0 Å². The largest absolute Gasteiger partial charge is 0.450 e. The molecule has 2 aliphatic rings. The number of aromatic nitrogens is 1. The molecule has 10 heteroatoms. The third-order valence-corrected chi connectivity index (χ3v) is 9.94.